The van der Waals surface area contributed by atoms with E-state index in [-0.39, 0.29) is 17.6 Å². The smallest absolute Gasteiger partial charge is 0.296 e. The Morgan fingerprint density at radius 2 is 2.00 bits per heavy atom. The molecule has 0 unspecified atom stereocenters. The Morgan fingerprint density at radius 1 is 1.22 bits per heavy atom. The second-order valence-electron chi connectivity index (χ2n) is 6.84. The number of benzene rings is 2. The number of hydrogen-bond acceptors (Lipinski definition) is 8. The van der Waals surface area contributed by atoms with Gasteiger partial charge in [0.15, 0.2) is 5.16 Å². The van der Waals surface area contributed by atoms with E-state index in [9.17, 15) is 4.79 Å². The minimum absolute atomic E-state index is 0.133. The van der Waals surface area contributed by atoms with Gasteiger partial charge in [-0.2, -0.15) is 4.98 Å². The second kappa shape index (κ2) is 9.41. The maximum Gasteiger partial charge on any atom is 0.296 e. The van der Waals surface area contributed by atoms with Crippen molar-refractivity contribution >= 4 is 35.0 Å². The molecule has 1 N–H and O–H groups in total. The first-order chi connectivity index (χ1) is 15.4. The Kier molecular flexibility index (Phi) is 6.42. The standard InChI is InChI=1S/C21H19ClN6O3S/c1-12-4-6-13(7-5-12)18-24-20(31-27-18)19-25-26-21(28(19)2)32-11-17(29)23-14-8-9-16(30-3)15(22)10-14/h4-10H,11H2,1-3H3,(H,23,29). The average molecular weight is 471 g/mol. The van der Waals surface area contributed by atoms with Crippen LogP contribution in [0.15, 0.2) is 52.1 Å². The Bertz CT molecular complexity index is 1250. The SMILES string of the molecule is COc1ccc(NC(=O)CSc2nnc(-c3nc(-c4ccc(C)cc4)no3)n2C)cc1Cl. The number of aryl methyl sites for hydroxylation is 1. The Hall–Kier alpha value is -3.37. The minimum atomic E-state index is -0.208. The lowest BCUT2D eigenvalue weighted by Crippen LogP contribution is -2.14. The van der Waals surface area contributed by atoms with Crippen LogP contribution in [0.1, 0.15) is 5.56 Å². The van der Waals surface area contributed by atoms with Crippen molar-refractivity contribution in [3.05, 3.63) is 53.1 Å². The number of halogens is 1. The molecule has 11 heteroatoms. The molecule has 0 saturated carbocycles. The predicted molar refractivity (Wildman–Crippen MR) is 122 cm³/mol. The van der Waals surface area contributed by atoms with Crippen molar-refractivity contribution in [2.75, 3.05) is 18.2 Å². The Morgan fingerprint density at radius 3 is 2.72 bits per heavy atom. The molecule has 0 bridgehead atoms. The first-order valence-corrected chi connectivity index (χ1v) is 10.9. The molecular formula is C21H19ClN6O3S. The van der Waals surface area contributed by atoms with Gasteiger partial charge in [0.05, 0.1) is 17.9 Å². The summed E-state index contributed by atoms with van der Waals surface area (Å²) in [5.74, 6) is 1.60. The monoisotopic (exact) mass is 470 g/mol. The first-order valence-electron chi connectivity index (χ1n) is 9.51. The number of amides is 1. The van der Waals surface area contributed by atoms with E-state index in [1.54, 1.807) is 29.8 Å². The third-order valence-corrected chi connectivity index (χ3v) is 5.85. The minimum Gasteiger partial charge on any atom is -0.495 e. The molecule has 4 rings (SSSR count). The highest BCUT2D eigenvalue weighted by atomic mass is 35.5. The van der Waals surface area contributed by atoms with Crippen molar-refractivity contribution in [3.8, 4) is 28.9 Å². The normalized spacial score (nSPS) is 10.9. The molecule has 2 heterocycles. The van der Waals surface area contributed by atoms with Crippen LogP contribution in [0.5, 0.6) is 5.75 Å². The zero-order chi connectivity index (χ0) is 22.7. The van der Waals surface area contributed by atoms with Gasteiger partial charge < -0.3 is 19.1 Å². The number of anilines is 1. The summed E-state index contributed by atoms with van der Waals surface area (Å²) in [6.07, 6.45) is 0. The van der Waals surface area contributed by atoms with Crippen LogP contribution in [0.4, 0.5) is 5.69 Å². The number of thioether (sulfide) groups is 1. The van der Waals surface area contributed by atoms with Crippen LogP contribution in [0.2, 0.25) is 5.02 Å². The van der Waals surface area contributed by atoms with E-state index < -0.39 is 0 Å². The molecular weight excluding hydrogens is 452 g/mol. The van der Waals surface area contributed by atoms with E-state index in [0.29, 0.717) is 33.3 Å². The molecule has 0 aliphatic carbocycles. The number of rotatable bonds is 7. The van der Waals surface area contributed by atoms with E-state index in [2.05, 4.69) is 25.7 Å². The third kappa shape index (κ3) is 4.76. The molecule has 32 heavy (non-hydrogen) atoms. The molecule has 2 aromatic heterocycles. The summed E-state index contributed by atoms with van der Waals surface area (Å²) in [5.41, 5.74) is 2.57. The first kappa shape index (κ1) is 21.8. The van der Waals surface area contributed by atoms with Gasteiger partial charge in [0.25, 0.3) is 5.89 Å². The average Bonchev–Trinajstić information content (AvgIpc) is 3.40. The Labute approximate surface area is 193 Å². The zero-order valence-electron chi connectivity index (χ0n) is 17.5. The molecule has 0 atom stereocenters. The van der Waals surface area contributed by atoms with Crippen LogP contribution in [0, 0.1) is 6.92 Å². The van der Waals surface area contributed by atoms with Gasteiger partial charge in [-0.3, -0.25) is 4.79 Å². The molecule has 0 aliphatic heterocycles. The summed E-state index contributed by atoms with van der Waals surface area (Å²) in [6.45, 7) is 2.01. The highest BCUT2D eigenvalue weighted by molar-refractivity contribution is 7.99. The van der Waals surface area contributed by atoms with Gasteiger partial charge in [0.1, 0.15) is 5.75 Å². The molecule has 0 aliphatic rings. The highest BCUT2D eigenvalue weighted by Gasteiger charge is 2.19. The van der Waals surface area contributed by atoms with Gasteiger partial charge in [-0.05, 0) is 25.1 Å². The Balaban J connectivity index is 1.40. The fraction of sp³-hybridized carbons (Fsp3) is 0.190. The van der Waals surface area contributed by atoms with Crippen molar-refractivity contribution in [3.63, 3.8) is 0 Å². The molecule has 1 amide bonds. The van der Waals surface area contributed by atoms with Crippen LogP contribution >= 0.6 is 23.4 Å². The molecule has 164 valence electrons. The van der Waals surface area contributed by atoms with Gasteiger partial charge >= 0.3 is 0 Å². The summed E-state index contributed by atoms with van der Waals surface area (Å²) in [7, 11) is 3.30. The molecule has 2 aromatic carbocycles. The van der Waals surface area contributed by atoms with Crippen LogP contribution in [0.3, 0.4) is 0 Å². The number of methoxy groups -OCH3 is 1. The molecule has 0 fully saturated rings. The van der Waals surface area contributed by atoms with E-state index in [0.717, 1.165) is 11.1 Å². The molecule has 0 radical (unpaired) electrons. The lowest BCUT2D eigenvalue weighted by molar-refractivity contribution is -0.113. The fourth-order valence-corrected chi connectivity index (χ4v) is 3.80. The van der Waals surface area contributed by atoms with Crippen LogP contribution in [0.25, 0.3) is 23.1 Å². The van der Waals surface area contributed by atoms with Crippen molar-refractivity contribution in [1.29, 1.82) is 0 Å². The lowest BCUT2D eigenvalue weighted by Gasteiger charge is -2.08. The van der Waals surface area contributed by atoms with E-state index in [1.807, 2.05) is 31.2 Å². The summed E-state index contributed by atoms with van der Waals surface area (Å²) in [5, 5.41) is 16.0. The molecule has 4 aromatic rings. The molecule has 0 spiro atoms. The number of hydrogen-bond donors (Lipinski definition) is 1. The largest absolute Gasteiger partial charge is 0.495 e. The van der Waals surface area contributed by atoms with E-state index in [4.69, 9.17) is 20.9 Å². The molecule has 0 saturated heterocycles. The van der Waals surface area contributed by atoms with Crippen LogP contribution in [-0.2, 0) is 11.8 Å². The van der Waals surface area contributed by atoms with Gasteiger partial charge in [-0.25, -0.2) is 0 Å². The van der Waals surface area contributed by atoms with Crippen molar-refractivity contribution < 1.29 is 14.1 Å². The maximum absolute atomic E-state index is 12.3. The summed E-state index contributed by atoms with van der Waals surface area (Å²) < 4.78 is 12.2. The van der Waals surface area contributed by atoms with Crippen LogP contribution < -0.4 is 10.1 Å². The van der Waals surface area contributed by atoms with Crippen molar-refractivity contribution in [1.82, 2.24) is 24.9 Å². The third-order valence-electron chi connectivity index (χ3n) is 4.53. The number of aromatic nitrogens is 5. The summed E-state index contributed by atoms with van der Waals surface area (Å²) in [6, 6.07) is 12.8. The number of ether oxygens (including phenoxy) is 1. The molecule has 9 nitrogen and oxygen atoms in total. The highest BCUT2D eigenvalue weighted by Crippen LogP contribution is 2.28. The van der Waals surface area contributed by atoms with E-state index in [1.165, 1.54) is 18.9 Å². The zero-order valence-corrected chi connectivity index (χ0v) is 19.1. The maximum atomic E-state index is 12.3. The number of nitrogens with zero attached hydrogens (tertiary/aromatic N) is 5. The van der Waals surface area contributed by atoms with Crippen molar-refractivity contribution in [2.45, 2.75) is 12.1 Å². The van der Waals surface area contributed by atoms with Gasteiger partial charge in [-0.1, -0.05) is 58.3 Å². The van der Waals surface area contributed by atoms with Gasteiger partial charge in [0.2, 0.25) is 17.6 Å². The van der Waals surface area contributed by atoms with Gasteiger partial charge in [-0.15, -0.1) is 10.2 Å². The second-order valence-corrected chi connectivity index (χ2v) is 8.19. The van der Waals surface area contributed by atoms with Crippen LogP contribution in [-0.4, -0.2) is 43.7 Å². The predicted octanol–water partition coefficient (Wildman–Crippen LogP) is 4.23. The van der Waals surface area contributed by atoms with E-state index >= 15 is 0 Å². The van der Waals surface area contributed by atoms with Crippen molar-refractivity contribution in [2.24, 2.45) is 7.05 Å². The quantitative estimate of drug-likeness (QED) is 0.400. The lowest BCUT2D eigenvalue weighted by atomic mass is 10.1. The van der Waals surface area contributed by atoms with Gasteiger partial charge in [0, 0.05) is 18.3 Å². The summed E-state index contributed by atoms with van der Waals surface area (Å²) in [4.78, 5) is 16.7. The summed E-state index contributed by atoms with van der Waals surface area (Å²) >= 11 is 7.33. The topological polar surface area (TPSA) is 108 Å². The number of carbonyl (C=O) groups excluding carboxylic acids is 1. The fourth-order valence-electron chi connectivity index (χ4n) is 2.83. The number of carbonyl (C=O) groups is 1. The number of nitrogens with one attached hydrogen (secondary N) is 1.